The number of pyridine rings is 1. The summed E-state index contributed by atoms with van der Waals surface area (Å²) in [5.41, 5.74) is 4.07. The smallest absolute Gasteiger partial charge is 0.319 e. The molecule has 5 rings (SSSR count). The van der Waals surface area contributed by atoms with E-state index in [0.717, 1.165) is 29.2 Å². The summed E-state index contributed by atoms with van der Waals surface area (Å²) in [5.74, 6) is 1.44. The number of benzene rings is 1. The van der Waals surface area contributed by atoms with Gasteiger partial charge in [-0.3, -0.25) is 9.78 Å². The first-order valence-corrected chi connectivity index (χ1v) is 12.6. The molecule has 1 aromatic carbocycles. The van der Waals surface area contributed by atoms with Gasteiger partial charge in [-0.05, 0) is 50.2 Å². The van der Waals surface area contributed by atoms with E-state index in [1.807, 2.05) is 36.1 Å². The third kappa shape index (κ3) is 5.39. The first kappa shape index (κ1) is 24.6. The molecule has 0 radical (unpaired) electrons. The zero-order valence-corrected chi connectivity index (χ0v) is 21.1. The standard InChI is InChI=1S/C27H31N7O3/c1-3-29-27(36)30-21-8-6-19(7-9-21)24-31-23-10-12-33(26(35)20-5-4-11-28-15-20)16-22(23)25(32-24)34-13-14-37-17-18(34)2/h4-9,11,15,18H,3,10,12-14,16-17H2,1-2H3,(H2,29,30,36)/t18-/m1/s1. The Labute approximate surface area is 216 Å². The number of hydrogen-bond acceptors (Lipinski definition) is 7. The Morgan fingerprint density at radius 2 is 1.97 bits per heavy atom. The van der Waals surface area contributed by atoms with Crippen molar-refractivity contribution in [3.63, 3.8) is 0 Å². The van der Waals surface area contributed by atoms with Crippen molar-refractivity contribution in [3.05, 3.63) is 65.6 Å². The van der Waals surface area contributed by atoms with Crippen molar-refractivity contribution in [2.75, 3.05) is 43.1 Å². The van der Waals surface area contributed by atoms with Gasteiger partial charge in [-0.25, -0.2) is 14.8 Å². The number of rotatable bonds is 5. The number of hydrogen-bond donors (Lipinski definition) is 2. The third-order valence-corrected chi connectivity index (χ3v) is 6.61. The molecule has 0 saturated carbocycles. The first-order valence-electron chi connectivity index (χ1n) is 12.6. The van der Waals surface area contributed by atoms with Crippen molar-refractivity contribution in [2.24, 2.45) is 0 Å². The van der Waals surface area contributed by atoms with Gasteiger partial charge in [0.15, 0.2) is 5.82 Å². The summed E-state index contributed by atoms with van der Waals surface area (Å²) in [7, 11) is 0. The molecule has 10 nitrogen and oxygen atoms in total. The largest absolute Gasteiger partial charge is 0.377 e. The van der Waals surface area contributed by atoms with Crippen molar-refractivity contribution < 1.29 is 14.3 Å². The van der Waals surface area contributed by atoms with Gasteiger partial charge in [-0.2, -0.15) is 0 Å². The van der Waals surface area contributed by atoms with Crippen molar-refractivity contribution >= 4 is 23.4 Å². The fourth-order valence-electron chi connectivity index (χ4n) is 4.69. The number of carbonyl (C=O) groups is 2. The molecule has 1 fully saturated rings. The summed E-state index contributed by atoms with van der Waals surface area (Å²) in [6.45, 7) is 7.52. The highest BCUT2D eigenvalue weighted by Crippen LogP contribution is 2.32. The zero-order chi connectivity index (χ0) is 25.8. The van der Waals surface area contributed by atoms with Gasteiger partial charge in [0.05, 0.1) is 37.1 Å². The van der Waals surface area contributed by atoms with Gasteiger partial charge in [0, 0.05) is 55.3 Å². The second-order valence-corrected chi connectivity index (χ2v) is 9.19. The zero-order valence-electron chi connectivity index (χ0n) is 21.1. The Morgan fingerprint density at radius 1 is 1.14 bits per heavy atom. The Kier molecular flexibility index (Phi) is 7.27. The quantitative estimate of drug-likeness (QED) is 0.552. The van der Waals surface area contributed by atoms with E-state index in [9.17, 15) is 9.59 Å². The summed E-state index contributed by atoms with van der Waals surface area (Å²) < 4.78 is 5.68. The van der Waals surface area contributed by atoms with Crippen LogP contribution in [0, 0.1) is 0 Å². The second-order valence-electron chi connectivity index (χ2n) is 9.19. The predicted octanol–water partition coefficient (Wildman–Crippen LogP) is 3.10. The average molecular weight is 502 g/mol. The van der Waals surface area contributed by atoms with Crippen LogP contribution in [0.15, 0.2) is 48.8 Å². The van der Waals surface area contributed by atoms with E-state index in [1.54, 1.807) is 24.5 Å². The molecule has 2 aromatic heterocycles. The molecule has 37 heavy (non-hydrogen) atoms. The van der Waals surface area contributed by atoms with Crippen LogP contribution in [0.3, 0.4) is 0 Å². The molecule has 0 spiro atoms. The molecule has 0 aliphatic carbocycles. The molecule has 2 aliphatic heterocycles. The Hall–Kier alpha value is -4.05. The maximum atomic E-state index is 13.2. The van der Waals surface area contributed by atoms with Gasteiger partial charge in [0.25, 0.3) is 5.91 Å². The summed E-state index contributed by atoms with van der Waals surface area (Å²) in [6, 6.07) is 11.0. The summed E-state index contributed by atoms with van der Waals surface area (Å²) in [5, 5.41) is 5.54. The fourth-order valence-corrected chi connectivity index (χ4v) is 4.69. The molecule has 192 valence electrons. The maximum Gasteiger partial charge on any atom is 0.319 e. The van der Waals surface area contributed by atoms with E-state index in [2.05, 4.69) is 27.4 Å². The number of aromatic nitrogens is 3. The minimum absolute atomic E-state index is 0.0426. The number of carbonyl (C=O) groups excluding carboxylic acids is 2. The molecule has 0 bridgehead atoms. The van der Waals surface area contributed by atoms with Gasteiger partial charge >= 0.3 is 6.03 Å². The summed E-state index contributed by atoms with van der Waals surface area (Å²) in [6.07, 6.45) is 3.91. The molecular weight excluding hydrogens is 470 g/mol. The van der Waals surface area contributed by atoms with Gasteiger partial charge in [-0.1, -0.05) is 0 Å². The second kappa shape index (κ2) is 10.9. The van der Waals surface area contributed by atoms with Crippen LogP contribution in [0.4, 0.5) is 16.3 Å². The van der Waals surface area contributed by atoms with Crippen molar-refractivity contribution in [1.82, 2.24) is 25.2 Å². The lowest BCUT2D eigenvalue weighted by atomic mass is 10.0. The molecule has 1 atom stereocenters. The number of fused-ring (bicyclic) bond motifs is 1. The maximum absolute atomic E-state index is 13.2. The minimum Gasteiger partial charge on any atom is -0.377 e. The predicted molar refractivity (Wildman–Crippen MR) is 140 cm³/mol. The van der Waals surface area contributed by atoms with Crippen LogP contribution in [0.5, 0.6) is 0 Å². The van der Waals surface area contributed by atoms with E-state index in [1.165, 1.54) is 0 Å². The molecule has 2 aliphatic rings. The number of urea groups is 1. The highest BCUT2D eigenvalue weighted by Gasteiger charge is 2.31. The number of nitrogens with one attached hydrogen (secondary N) is 2. The topological polar surface area (TPSA) is 113 Å². The van der Waals surface area contributed by atoms with E-state index in [0.29, 0.717) is 56.3 Å². The van der Waals surface area contributed by atoms with E-state index in [4.69, 9.17) is 14.7 Å². The fraction of sp³-hybridized carbons (Fsp3) is 0.370. The first-order chi connectivity index (χ1) is 18.0. The molecule has 3 aromatic rings. The Bertz CT molecular complexity index is 1270. The van der Waals surface area contributed by atoms with E-state index >= 15 is 0 Å². The van der Waals surface area contributed by atoms with Gasteiger partial charge in [0.2, 0.25) is 0 Å². The normalized spacial score (nSPS) is 17.2. The van der Waals surface area contributed by atoms with Crippen molar-refractivity contribution in [2.45, 2.75) is 32.9 Å². The Balaban J connectivity index is 1.47. The van der Waals surface area contributed by atoms with Crippen molar-refractivity contribution in [1.29, 1.82) is 0 Å². The molecular formula is C27H31N7O3. The monoisotopic (exact) mass is 501 g/mol. The van der Waals surface area contributed by atoms with Crippen molar-refractivity contribution in [3.8, 4) is 11.4 Å². The number of nitrogens with zero attached hydrogens (tertiary/aromatic N) is 5. The van der Waals surface area contributed by atoms with Crippen LogP contribution in [0.1, 0.15) is 35.5 Å². The van der Waals surface area contributed by atoms with Crippen LogP contribution in [0.25, 0.3) is 11.4 Å². The Morgan fingerprint density at radius 3 is 2.70 bits per heavy atom. The summed E-state index contributed by atoms with van der Waals surface area (Å²) in [4.78, 5) is 43.2. The number of morpholine rings is 1. The molecule has 0 unspecified atom stereocenters. The lowest BCUT2D eigenvalue weighted by molar-refractivity contribution is 0.0731. The molecule has 4 heterocycles. The summed E-state index contributed by atoms with van der Waals surface area (Å²) >= 11 is 0. The van der Waals surface area contributed by atoms with Crippen LogP contribution in [-0.4, -0.2) is 70.7 Å². The average Bonchev–Trinajstić information content (AvgIpc) is 2.93. The lowest BCUT2D eigenvalue weighted by Gasteiger charge is -2.38. The number of ether oxygens (including phenoxy) is 1. The highest BCUT2D eigenvalue weighted by molar-refractivity contribution is 5.94. The van der Waals surface area contributed by atoms with Gasteiger partial charge in [0.1, 0.15) is 5.82 Å². The van der Waals surface area contributed by atoms with E-state index in [-0.39, 0.29) is 18.0 Å². The SMILES string of the molecule is CCNC(=O)Nc1ccc(-c2nc3c(c(N4CCOC[C@H]4C)n2)CN(C(=O)c2cccnc2)CC3)cc1. The molecule has 3 amide bonds. The number of amides is 3. The molecule has 10 heteroatoms. The lowest BCUT2D eigenvalue weighted by Crippen LogP contribution is -2.46. The van der Waals surface area contributed by atoms with Crippen LogP contribution < -0.4 is 15.5 Å². The molecule has 2 N–H and O–H groups in total. The van der Waals surface area contributed by atoms with E-state index < -0.39 is 0 Å². The van der Waals surface area contributed by atoms with Crippen LogP contribution in [0.2, 0.25) is 0 Å². The number of anilines is 2. The van der Waals surface area contributed by atoms with Crippen LogP contribution >= 0.6 is 0 Å². The molecule has 1 saturated heterocycles. The minimum atomic E-state index is -0.241. The van der Waals surface area contributed by atoms with Gasteiger partial charge in [-0.15, -0.1) is 0 Å². The third-order valence-electron chi connectivity index (χ3n) is 6.61. The van der Waals surface area contributed by atoms with Gasteiger partial charge < -0.3 is 25.2 Å². The highest BCUT2D eigenvalue weighted by atomic mass is 16.5. The van der Waals surface area contributed by atoms with Crippen LogP contribution in [-0.2, 0) is 17.7 Å².